The van der Waals surface area contributed by atoms with Gasteiger partial charge in [0.1, 0.15) is 5.76 Å². The van der Waals surface area contributed by atoms with Crippen molar-refractivity contribution in [3.8, 4) is 0 Å². The molecule has 5 heteroatoms. The Morgan fingerprint density at radius 2 is 2.33 bits per heavy atom. The fraction of sp³-hybridized carbons (Fsp3) is 0.750. The van der Waals surface area contributed by atoms with E-state index in [-0.39, 0.29) is 5.91 Å². The molecule has 2 atom stereocenters. The minimum Gasteiger partial charge on any atom is -0.360 e. The van der Waals surface area contributed by atoms with E-state index in [0.29, 0.717) is 24.2 Å². The molecular formula is C16H25N3O2. The number of hydrogen-bond acceptors (Lipinski definition) is 4. The van der Waals surface area contributed by atoms with Gasteiger partial charge in [-0.25, -0.2) is 0 Å². The molecule has 5 nitrogen and oxygen atoms in total. The van der Waals surface area contributed by atoms with Crippen molar-refractivity contribution in [3.05, 3.63) is 17.5 Å². The molecule has 1 aromatic rings. The molecule has 2 heterocycles. The SMILES string of the molecule is CC1CCCN(C(C)CNC(=O)c2cc(C3CC3)on2)C1. The number of carbonyl (C=O) groups is 1. The summed E-state index contributed by atoms with van der Waals surface area (Å²) >= 11 is 0. The van der Waals surface area contributed by atoms with Crippen molar-refractivity contribution in [3.63, 3.8) is 0 Å². The van der Waals surface area contributed by atoms with E-state index in [1.165, 1.54) is 12.8 Å². The van der Waals surface area contributed by atoms with Crippen molar-refractivity contribution in [2.45, 2.75) is 51.5 Å². The summed E-state index contributed by atoms with van der Waals surface area (Å²) in [7, 11) is 0. The predicted octanol–water partition coefficient (Wildman–Crippen LogP) is 2.40. The summed E-state index contributed by atoms with van der Waals surface area (Å²) in [6.45, 7) is 7.41. The van der Waals surface area contributed by atoms with E-state index in [2.05, 4.69) is 29.2 Å². The maximum absolute atomic E-state index is 12.1. The van der Waals surface area contributed by atoms with Crippen LogP contribution in [0.3, 0.4) is 0 Å². The molecule has 0 bridgehead atoms. The van der Waals surface area contributed by atoms with Crippen LogP contribution in [0.4, 0.5) is 0 Å². The molecule has 1 saturated heterocycles. The second kappa shape index (κ2) is 6.18. The second-order valence-corrected chi connectivity index (χ2v) is 6.69. The number of nitrogens with one attached hydrogen (secondary N) is 1. The van der Waals surface area contributed by atoms with Gasteiger partial charge in [-0.2, -0.15) is 0 Å². The second-order valence-electron chi connectivity index (χ2n) is 6.69. The molecule has 1 amide bonds. The molecule has 1 aromatic heterocycles. The largest absolute Gasteiger partial charge is 0.360 e. The first kappa shape index (κ1) is 14.6. The van der Waals surface area contributed by atoms with E-state index in [1.54, 1.807) is 6.07 Å². The van der Waals surface area contributed by atoms with Crippen LogP contribution in [-0.2, 0) is 0 Å². The highest BCUT2D eigenvalue weighted by Crippen LogP contribution is 2.40. The topological polar surface area (TPSA) is 58.4 Å². The average Bonchev–Trinajstić information content (AvgIpc) is 3.22. The number of aromatic nitrogens is 1. The van der Waals surface area contributed by atoms with Crippen LogP contribution in [0.2, 0.25) is 0 Å². The fourth-order valence-electron chi connectivity index (χ4n) is 3.04. The Bertz CT molecular complexity index is 495. The van der Waals surface area contributed by atoms with E-state index in [0.717, 1.165) is 37.6 Å². The van der Waals surface area contributed by atoms with Crippen LogP contribution in [0, 0.1) is 5.92 Å². The fourth-order valence-corrected chi connectivity index (χ4v) is 3.04. The van der Waals surface area contributed by atoms with Gasteiger partial charge in [0.15, 0.2) is 5.69 Å². The maximum Gasteiger partial charge on any atom is 0.273 e. The Hall–Kier alpha value is -1.36. The number of amides is 1. The molecule has 0 spiro atoms. The number of rotatable bonds is 5. The molecule has 2 fully saturated rings. The van der Waals surface area contributed by atoms with Crippen molar-refractivity contribution >= 4 is 5.91 Å². The Kier molecular flexibility index (Phi) is 4.29. The molecule has 3 rings (SSSR count). The number of likely N-dealkylation sites (tertiary alicyclic amines) is 1. The highest BCUT2D eigenvalue weighted by atomic mass is 16.5. The zero-order chi connectivity index (χ0) is 14.8. The smallest absolute Gasteiger partial charge is 0.273 e. The molecule has 1 aliphatic carbocycles. The monoisotopic (exact) mass is 291 g/mol. The molecule has 0 radical (unpaired) electrons. The summed E-state index contributed by atoms with van der Waals surface area (Å²) in [6.07, 6.45) is 4.88. The van der Waals surface area contributed by atoms with E-state index in [9.17, 15) is 4.79 Å². The Morgan fingerprint density at radius 1 is 1.52 bits per heavy atom. The van der Waals surface area contributed by atoms with E-state index in [1.807, 2.05) is 0 Å². The highest BCUT2D eigenvalue weighted by molar-refractivity contribution is 5.92. The Labute approximate surface area is 126 Å². The van der Waals surface area contributed by atoms with Crippen molar-refractivity contribution in [1.29, 1.82) is 0 Å². The lowest BCUT2D eigenvalue weighted by molar-refractivity contribution is 0.0909. The molecule has 1 saturated carbocycles. The average molecular weight is 291 g/mol. The number of carbonyl (C=O) groups excluding carboxylic acids is 1. The Balaban J connectivity index is 1.47. The molecule has 1 N–H and O–H groups in total. The molecular weight excluding hydrogens is 266 g/mol. The van der Waals surface area contributed by atoms with Gasteiger partial charge >= 0.3 is 0 Å². The standard InChI is InChI=1S/C16H25N3O2/c1-11-4-3-7-19(10-11)12(2)9-17-16(20)14-8-15(21-18-14)13-5-6-13/h8,11-13H,3-7,9-10H2,1-2H3,(H,17,20). The van der Waals surface area contributed by atoms with Crippen molar-refractivity contribution in [2.75, 3.05) is 19.6 Å². The zero-order valence-electron chi connectivity index (χ0n) is 13.0. The summed E-state index contributed by atoms with van der Waals surface area (Å²) in [4.78, 5) is 14.6. The summed E-state index contributed by atoms with van der Waals surface area (Å²) in [6, 6.07) is 2.16. The third-order valence-corrected chi connectivity index (χ3v) is 4.61. The van der Waals surface area contributed by atoms with Crippen LogP contribution in [0.5, 0.6) is 0 Å². The number of piperidine rings is 1. The van der Waals surface area contributed by atoms with Crippen LogP contribution in [0.1, 0.15) is 61.7 Å². The minimum atomic E-state index is -0.123. The van der Waals surface area contributed by atoms with Gasteiger partial charge < -0.3 is 9.84 Å². The van der Waals surface area contributed by atoms with E-state index in [4.69, 9.17) is 4.52 Å². The van der Waals surface area contributed by atoms with Crippen molar-refractivity contribution < 1.29 is 9.32 Å². The normalized spacial score (nSPS) is 24.8. The van der Waals surface area contributed by atoms with Crippen LogP contribution < -0.4 is 5.32 Å². The van der Waals surface area contributed by atoms with Gasteiger partial charge in [0, 0.05) is 31.1 Å². The molecule has 21 heavy (non-hydrogen) atoms. The Morgan fingerprint density at radius 3 is 3.05 bits per heavy atom. The van der Waals surface area contributed by atoms with Crippen LogP contribution in [-0.4, -0.2) is 41.6 Å². The first-order valence-corrected chi connectivity index (χ1v) is 8.12. The van der Waals surface area contributed by atoms with Gasteiger partial charge in [0.05, 0.1) is 0 Å². The minimum absolute atomic E-state index is 0.123. The van der Waals surface area contributed by atoms with Gasteiger partial charge in [-0.05, 0) is 45.1 Å². The lowest BCUT2D eigenvalue weighted by Gasteiger charge is -2.35. The van der Waals surface area contributed by atoms with Crippen molar-refractivity contribution in [2.24, 2.45) is 5.92 Å². The third kappa shape index (κ3) is 3.64. The molecule has 116 valence electrons. The summed E-state index contributed by atoms with van der Waals surface area (Å²) in [5, 5.41) is 6.86. The lowest BCUT2D eigenvalue weighted by atomic mass is 9.99. The molecule has 2 aliphatic rings. The number of nitrogens with zero attached hydrogens (tertiary/aromatic N) is 2. The lowest BCUT2D eigenvalue weighted by Crippen LogP contribution is -2.46. The van der Waals surface area contributed by atoms with E-state index >= 15 is 0 Å². The van der Waals surface area contributed by atoms with Crippen molar-refractivity contribution in [1.82, 2.24) is 15.4 Å². The van der Waals surface area contributed by atoms with E-state index < -0.39 is 0 Å². The summed E-state index contributed by atoms with van der Waals surface area (Å²) in [5.41, 5.74) is 0.413. The zero-order valence-corrected chi connectivity index (χ0v) is 13.0. The molecule has 0 aromatic carbocycles. The predicted molar refractivity (Wildman–Crippen MR) is 80.2 cm³/mol. The maximum atomic E-state index is 12.1. The summed E-state index contributed by atoms with van der Waals surface area (Å²) in [5.74, 6) is 1.99. The van der Waals surface area contributed by atoms with Gasteiger partial charge in [-0.3, -0.25) is 9.69 Å². The number of hydrogen-bond donors (Lipinski definition) is 1. The first-order chi connectivity index (χ1) is 10.1. The van der Waals surface area contributed by atoms with Crippen LogP contribution in [0.25, 0.3) is 0 Å². The van der Waals surface area contributed by atoms with Gasteiger partial charge in [0.25, 0.3) is 5.91 Å². The quantitative estimate of drug-likeness (QED) is 0.905. The first-order valence-electron chi connectivity index (χ1n) is 8.12. The highest BCUT2D eigenvalue weighted by Gasteiger charge is 2.29. The molecule has 2 unspecified atom stereocenters. The summed E-state index contributed by atoms with van der Waals surface area (Å²) < 4.78 is 5.23. The van der Waals surface area contributed by atoms with Crippen LogP contribution in [0.15, 0.2) is 10.6 Å². The third-order valence-electron chi connectivity index (χ3n) is 4.61. The van der Waals surface area contributed by atoms with Gasteiger partial charge in [-0.15, -0.1) is 0 Å². The van der Waals surface area contributed by atoms with Gasteiger partial charge in [-0.1, -0.05) is 12.1 Å². The van der Waals surface area contributed by atoms with Gasteiger partial charge in [0.2, 0.25) is 0 Å². The van der Waals surface area contributed by atoms with Crippen LogP contribution >= 0.6 is 0 Å². The molecule has 1 aliphatic heterocycles.